The summed E-state index contributed by atoms with van der Waals surface area (Å²) in [4.78, 5) is 31.5. The van der Waals surface area contributed by atoms with E-state index in [0.29, 0.717) is 34.8 Å². The predicted octanol–water partition coefficient (Wildman–Crippen LogP) is 2.36. The molecule has 2 aromatic rings. The minimum absolute atomic E-state index is 0.0119. The highest BCUT2D eigenvalue weighted by Crippen LogP contribution is 2.35. The highest BCUT2D eigenvalue weighted by molar-refractivity contribution is 5.98. The summed E-state index contributed by atoms with van der Waals surface area (Å²) in [6.07, 6.45) is 3.36. The number of hydrogen-bond donors (Lipinski definition) is 1. The predicted molar refractivity (Wildman–Crippen MR) is 96.7 cm³/mol. The number of hydrogen-bond acceptors (Lipinski definition) is 6. The fourth-order valence-electron chi connectivity index (χ4n) is 3.01. The number of nitrogens with one attached hydrogen (secondary N) is 1. The SMILES string of the molecule is CN(Cc1noc(C2CCC2)n1)C(=O)Nc1ccc2c(c1)OCC(=O)N2C. The van der Waals surface area contributed by atoms with Gasteiger partial charge in [0.15, 0.2) is 12.4 Å². The van der Waals surface area contributed by atoms with Gasteiger partial charge in [0.05, 0.1) is 12.2 Å². The molecule has 0 saturated heterocycles. The number of amides is 3. The zero-order valence-corrected chi connectivity index (χ0v) is 15.3. The standard InChI is InChI=1S/C18H21N5O4/c1-22(9-15-20-17(27-21-15)11-4-3-5-11)18(25)19-12-6-7-13-14(8-12)26-10-16(24)23(13)2/h6-8,11H,3-5,9-10H2,1-2H3,(H,19,25). The lowest BCUT2D eigenvalue weighted by Crippen LogP contribution is -2.35. The highest BCUT2D eigenvalue weighted by atomic mass is 16.5. The van der Waals surface area contributed by atoms with Gasteiger partial charge in [-0.15, -0.1) is 0 Å². The van der Waals surface area contributed by atoms with E-state index in [2.05, 4.69) is 15.5 Å². The van der Waals surface area contributed by atoms with Gasteiger partial charge in [0.2, 0.25) is 5.89 Å². The third-order valence-electron chi connectivity index (χ3n) is 4.96. The zero-order valence-electron chi connectivity index (χ0n) is 15.3. The molecule has 1 saturated carbocycles. The van der Waals surface area contributed by atoms with Crippen LogP contribution in [0.1, 0.15) is 36.9 Å². The van der Waals surface area contributed by atoms with Crippen LogP contribution >= 0.6 is 0 Å². The van der Waals surface area contributed by atoms with Crippen LogP contribution in [0.15, 0.2) is 22.7 Å². The molecule has 4 rings (SSSR count). The van der Waals surface area contributed by atoms with Crippen LogP contribution in [0.2, 0.25) is 0 Å². The molecular formula is C18H21N5O4. The highest BCUT2D eigenvalue weighted by Gasteiger charge is 2.26. The zero-order chi connectivity index (χ0) is 19.0. The van der Waals surface area contributed by atoms with Gasteiger partial charge >= 0.3 is 6.03 Å². The molecule has 142 valence electrons. The monoisotopic (exact) mass is 371 g/mol. The third-order valence-corrected chi connectivity index (χ3v) is 4.96. The summed E-state index contributed by atoms with van der Waals surface area (Å²) in [6, 6.07) is 4.87. The van der Waals surface area contributed by atoms with Crippen LogP contribution in [-0.4, -0.2) is 47.7 Å². The van der Waals surface area contributed by atoms with Crippen molar-refractivity contribution in [3.63, 3.8) is 0 Å². The summed E-state index contributed by atoms with van der Waals surface area (Å²) in [5.74, 6) is 1.96. The second-order valence-corrected chi connectivity index (χ2v) is 6.89. The van der Waals surface area contributed by atoms with E-state index in [1.54, 1.807) is 32.3 Å². The molecule has 9 heteroatoms. The number of anilines is 2. The van der Waals surface area contributed by atoms with Crippen LogP contribution < -0.4 is 15.0 Å². The summed E-state index contributed by atoms with van der Waals surface area (Å²) in [5.41, 5.74) is 1.25. The smallest absolute Gasteiger partial charge is 0.321 e. The van der Waals surface area contributed by atoms with Crippen molar-refractivity contribution >= 4 is 23.3 Å². The quantitative estimate of drug-likeness (QED) is 0.885. The molecule has 1 aliphatic heterocycles. The molecule has 1 fully saturated rings. The minimum atomic E-state index is -0.301. The largest absolute Gasteiger partial charge is 0.481 e. The average molecular weight is 371 g/mol. The Balaban J connectivity index is 1.38. The van der Waals surface area contributed by atoms with E-state index >= 15 is 0 Å². The van der Waals surface area contributed by atoms with E-state index in [1.165, 1.54) is 16.2 Å². The Labute approximate surface area is 156 Å². The Kier molecular flexibility index (Phi) is 4.43. The fourth-order valence-corrected chi connectivity index (χ4v) is 3.01. The molecule has 3 amide bonds. The van der Waals surface area contributed by atoms with Crippen LogP contribution in [0.5, 0.6) is 5.75 Å². The Morgan fingerprint density at radius 3 is 2.96 bits per heavy atom. The van der Waals surface area contributed by atoms with Crippen LogP contribution in [0, 0.1) is 0 Å². The van der Waals surface area contributed by atoms with Crippen molar-refractivity contribution in [2.45, 2.75) is 31.7 Å². The molecule has 9 nitrogen and oxygen atoms in total. The number of benzene rings is 1. The lowest BCUT2D eigenvalue weighted by atomic mass is 9.85. The minimum Gasteiger partial charge on any atom is -0.481 e. The summed E-state index contributed by atoms with van der Waals surface area (Å²) in [5, 5.41) is 6.76. The Morgan fingerprint density at radius 1 is 1.41 bits per heavy atom. The Morgan fingerprint density at radius 2 is 2.22 bits per heavy atom. The van der Waals surface area contributed by atoms with Crippen molar-refractivity contribution in [1.29, 1.82) is 0 Å². The van der Waals surface area contributed by atoms with Gasteiger partial charge < -0.3 is 24.4 Å². The number of nitrogens with zero attached hydrogens (tertiary/aromatic N) is 4. The van der Waals surface area contributed by atoms with E-state index in [-0.39, 0.29) is 25.1 Å². The van der Waals surface area contributed by atoms with E-state index in [0.717, 1.165) is 12.8 Å². The van der Waals surface area contributed by atoms with Crippen molar-refractivity contribution in [3.8, 4) is 5.75 Å². The molecular weight excluding hydrogens is 350 g/mol. The molecule has 0 atom stereocenters. The topological polar surface area (TPSA) is 101 Å². The van der Waals surface area contributed by atoms with Crippen LogP contribution in [0.4, 0.5) is 16.2 Å². The van der Waals surface area contributed by atoms with E-state index in [1.807, 2.05) is 0 Å². The van der Waals surface area contributed by atoms with Gasteiger partial charge in [0.1, 0.15) is 5.75 Å². The maximum atomic E-state index is 12.4. The second kappa shape index (κ2) is 6.90. The van der Waals surface area contributed by atoms with Crippen LogP contribution in [0.25, 0.3) is 0 Å². The van der Waals surface area contributed by atoms with Gasteiger partial charge in [-0.3, -0.25) is 4.79 Å². The third kappa shape index (κ3) is 3.44. The van der Waals surface area contributed by atoms with Crippen molar-refractivity contribution in [1.82, 2.24) is 15.0 Å². The number of carbonyl (C=O) groups is 2. The van der Waals surface area contributed by atoms with E-state index in [9.17, 15) is 9.59 Å². The molecule has 2 aliphatic rings. The molecule has 2 heterocycles. The number of ether oxygens (including phenoxy) is 1. The average Bonchev–Trinajstić information content (AvgIpc) is 3.04. The Bertz CT molecular complexity index is 876. The van der Waals surface area contributed by atoms with Crippen LogP contribution in [-0.2, 0) is 11.3 Å². The lowest BCUT2D eigenvalue weighted by molar-refractivity contribution is -0.120. The number of fused-ring (bicyclic) bond motifs is 1. The summed E-state index contributed by atoms with van der Waals surface area (Å²) in [7, 11) is 3.36. The van der Waals surface area contributed by atoms with Crippen LogP contribution in [0.3, 0.4) is 0 Å². The molecule has 1 aromatic heterocycles. The van der Waals surface area contributed by atoms with Crippen molar-refractivity contribution < 1.29 is 18.8 Å². The van der Waals surface area contributed by atoms with E-state index < -0.39 is 0 Å². The molecule has 0 spiro atoms. The number of likely N-dealkylation sites (N-methyl/N-ethyl adjacent to an activating group) is 1. The van der Waals surface area contributed by atoms with Gasteiger partial charge in [-0.25, -0.2) is 4.79 Å². The number of rotatable bonds is 4. The molecule has 1 aliphatic carbocycles. The normalized spacial score (nSPS) is 16.4. The second-order valence-electron chi connectivity index (χ2n) is 6.89. The Hall–Kier alpha value is -3.10. The first-order valence-corrected chi connectivity index (χ1v) is 8.89. The summed E-state index contributed by atoms with van der Waals surface area (Å²) in [6.45, 7) is 0.239. The van der Waals surface area contributed by atoms with Crippen molar-refractivity contribution in [3.05, 3.63) is 29.9 Å². The maximum absolute atomic E-state index is 12.4. The molecule has 0 radical (unpaired) electrons. The van der Waals surface area contributed by atoms with Gasteiger partial charge in [-0.05, 0) is 25.0 Å². The van der Waals surface area contributed by atoms with Crippen molar-refractivity contribution in [2.75, 3.05) is 30.9 Å². The van der Waals surface area contributed by atoms with E-state index in [4.69, 9.17) is 9.26 Å². The molecule has 0 bridgehead atoms. The molecule has 1 N–H and O–H groups in total. The van der Waals surface area contributed by atoms with Gasteiger partial charge in [-0.1, -0.05) is 11.6 Å². The molecule has 1 aromatic carbocycles. The number of carbonyl (C=O) groups excluding carboxylic acids is 2. The summed E-state index contributed by atoms with van der Waals surface area (Å²) >= 11 is 0. The molecule has 27 heavy (non-hydrogen) atoms. The molecule has 0 unspecified atom stereocenters. The first-order chi connectivity index (χ1) is 13.0. The maximum Gasteiger partial charge on any atom is 0.321 e. The first kappa shape index (κ1) is 17.3. The summed E-state index contributed by atoms with van der Waals surface area (Å²) < 4.78 is 10.7. The number of aromatic nitrogens is 2. The van der Waals surface area contributed by atoms with Gasteiger partial charge in [-0.2, -0.15) is 4.98 Å². The van der Waals surface area contributed by atoms with Crippen molar-refractivity contribution in [2.24, 2.45) is 0 Å². The van der Waals surface area contributed by atoms with Gasteiger partial charge in [0.25, 0.3) is 5.91 Å². The first-order valence-electron chi connectivity index (χ1n) is 8.89. The van der Waals surface area contributed by atoms with Gasteiger partial charge in [0, 0.05) is 31.8 Å². The number of urea groups is 1. The fraction of sp³-hybridized carbons (Fsp3) is 0.444. The lowest BCUT2D eigenvalue weighted by Gasteiger charge is -2.26.